The van der Waals surface area contributed by atoms with Gasteiger partial charge in [0.1, 0.15) is 0 Å². The number of anilines is 1. The molecule has 35 heavy (non-hydrogen) atoms. The maximum absolute atomic E-state index is 13.2. The lowest BCUT2D eigenvalue weighted by atomic mass is 9.89. The number of hydrogen-bond acceptors (Lipinski definition) is 5. The Morgan fingerprint density at radius 2 is 1.74 bits per heavy atom. The van der Waals surface area contributed by atoms with Gasteiger partial charge in [-0.15, -0.1) is 0 Å². The van der Waals surface area contributed by atoms with E-state index in [0.29, 0.717) is 19.2 Å². The van der Waals surface area contributed by atoms with Crippen LogP contribution in [0.4, 0.5) is 18.9 Å². The molecule has 1 unspecified atom stereocenters. The van der Waals surface area contributed by atoms with E-state index in [2.05, 4.69) is 22.4 Å². The van der Waals surface area contributed by atoms with Crippen LogP contribution in [0.2, 0.25) is 0 Å². The summed E-state index contributed by atoms with van der Waals surface area (Å²) in [6, 6.07) is 16.5. The Morgan fingerprint density at radius 1 is 1.11 bits per heavy atom. The standard InChI is InChI=1S/C26H23F3N4O2/c1-25(35,24(34)32-22-7-6-20(13-30)23(12-22)26(27,28)29)16-33-14-21(15-33)18-4-2-17(3-5-18)19-8-10-31-11-9-19/h2-12,21,35H,14-16H2,1H3,(H,32,34). The number of alkyl halides is 3. The molecule has 1 atom stereocenters. The summed E-state index contributed by atoms with van der Waals surface area (Å²) >= 11 is 0. The molecule has 1 aliphatic rings. The lowest BCUT2D eigenvalue weighted by molar-refractivity contribution is -0.138. The van der Waals surface area contributed by atoms with E-state index in [9.17, 15) is 23.1 Å². The van der Waals surface area contributed by atoms with Gasteiger partial charge in [0.05, 0.1) is 17.2 Å². The lowest BCUT2D eigenvalue weighted by Gasteiger charge is -2.42. The molecule has 1 saturated heterocycles. The summed E-state index contributed by atoms with van der Waals surface area (Å²) < 4.78 is 39.5. The summed E-state index contributed by atoms with van der Waals surface area (Å²) in [6.07, 6.45) is -1.26. The Hall–Kier alpha value is -3.74. The predicted octanol–water partition coefficient (Wildman–Crippen LogP) is 4.43. The molecule has 9 heteroatoms. The third-order valence-electron chi connectivity index (χ3n) is 6.08. The largest absolute Gasteiger partial charge is 0.417 e. The second-order valence-corrected chi connectivity index (χ2v) is 8.85. The number of nitrogens with zero attached hydrogens (tertiary/aromatic N) is 3. The average molecular weight is 480 g/mol. The van der Waals surface area contributed by atoms with Crippen LogP contribution in [0.15, 0.2) is 67.0 Å². The SMILES string of the molecule is CC(O)(CN1CC(c2ccc(-c3ccncc3)cc2)C1)C(=O)Nc1ccc(C#N)c(C(F)(F)F)c1. The minimum absolute atomic E-state index is 0.0346. The maximum atomic E-state index is 13.2. The van der Waals surface area contributed by atoms with Crippen molar-refractivity contribution >= 4 is 11.6 Å². The Balaban J connectivity index is 1.34. The first-order chi connectivity index (χ1) is 16.6. The van der Waals surface area contributed by atoms with E-state index >= 15 is 0 Å². The number of pyridine rings is 1. The van der Waals surface area contributed by atoms with Crippen molar-refractivity contribution in [3.8, 4) is 17.2 Å². The van der Waals surface area contributed by atoms with E-state index in [1.807, 2.05) is 29.2 Å². The number of β-amino-alcohol motifs (C(OH)–C–C–N with tert-alkyl or cyclic N) is 1. The van der Waals surface area contributed by atoms with Crippen molar-refractivity contribution in [2.75, 3.05) is 25.0 Å². The number of aromatic nitrogens is 1. The second kappa shape index (κ2) is 9.49. The Labute approximate surface area is 200 Å². The lowest BCUT2D eigenvalue weighted by Crippen LogP contribution is -2.55. The molecule has 180 valence electrons. The minimum Gasteiger partial charge on any atom is -0.379 e. The van der Waals surface area contributed by atoms with Crippen LogP contribution in [0.25, 0.3) is 11.1 Å². The molecule has 0 aliphatic carbocycles. The molecule has 1 amide bonds. The third-order valence-corrected chi connectivity index (χ3v) is 6.08. The van der Waals surface area contributed by atoms with Crippen LogP contribution in [0.1, 0.15) is 29.5 Å². The normalized spacial score (nSPS) is 16.1. The van der Waals surface area contributed by atoms with E-state index in [1.54, 1.807) is 12.4 Å². The van der Waals surface area contributed by atoms with Gasteiger partial charge in [-0.05, 0) is 53.9 Å². The monoisotopic (exact) mass is 480 g/mol. The third kappa shape index (κ3) is 5.50. The van der Waals surface area contributed by atoms with E-state index in [0.717, 1.165) is 22.8 Å². The summed E-state index contributed by atoms with van der Waals surface area (Å²) in [5.41, 5.74) is -0.321. The molecule has 6 nitrogen and oxygen atoms in total. The van der Waals surface area contributed by atoms with Crippen molar-refractivity contribution in [2.45, 2.75) is 24.6 Å². The summed E-state index contributed by atoms with van der Waals surface area (Å²) in [5, 5.41) is 21.9. The number of nitrogens with one attached hydrogen (secondary N) is 1. The molecule has 1 fully saturated rings. The highest BCUT2D eigenvalue weighted by Crippen LogP contribution is 2.34. The topological polar surface area (TPSA) is 89.2 Å². The molecule has 1 aromatic heterocycles. The van der Waals surface area contributed by atoms with Gasteiger partial charge in [-0.2, -0.15) is 18.4 Å². The number of hydrogen-bond donors (Lipinski definition) is 2. The molecule has 0 radical (unpaired) electrons. The summed E-state index contributed by atoms with van der Waals surface area (Å²) in [6.45, 7) is 2.65. The van der Waals surface area contributed by atoms with E-state index in [-0.39, 0.29) is 18.2 Å². The smallest absolute Gasteiger partial charge is 0.379 e. The van der Waals surface area contributed by atoms with Crippen molar-refractivity contribution in [3.63, 3.8) is 0 Å². The van der Waals surface area contributed by atoms with Gasteiger partial charge in [0.2, 0.25) is 0 Å². The van der Waals surface area contributed by atoms with Gasteiger partial charge >= 0.3 is 6.18 Å². The molecule has 0 spiro atoms. The molecule has 2 aromatic carbocycles. The molecular formula is C26H23F3N4O2. The first kappa shape index (κ1) is 24.4. The number of amides is 1. The average Bonchev–Trinajstić information content (AvgIpc) is 2.81. The fourth-order valence-corrected chi connectivity index (χ4v) is 4.13. The molecule has 0 saturated carbocycles. The van der Waals surface area contributed by atoms with Crippen molar-refractivity contribution in [1.82, 2.24) is 9.88 Å². The maximum Gasteiger partial charge on any atom is 0.417 e. The summed E-state index contributed by atoms with van der Waals surface area (Å²) in [4.78, 5) is 18.5. The highest BCUT2D eigenvalue weighted by Gasteiger charge is 2.38. The number of aliphatic hydroxyl groups is 1. The number of carbonyl (C=O) groups excluding carboxylic acids is 1. The quantitative estimate of drug-likeness (QED) is 0.545. The van der Waals surface area contributed by atoms with Crippen LogP contribution < -0.4 is 5.32 Å². The first-order valence-corrected chi connectivity index (χ1v) is 10.9. The zero-order chi connectivity index (χ0) is 25.2. The van der Waals surface area contributed by atoms with Gasteiger partial charge in [-0.25, -0.2) is 0 Å². The highest BCUT2D eigenvalue weighted by atomic mass is 19.4. The zero-order valence-electron chi connectivity index (χ0n) is 18.9. The Bertz CT molecular complexity index is 1250. The van der Waals surface area contributed by atoms with Gasteiger partial charge < -0.3 is 10.4 Å². The van der Waals surface area contributed by atoms with Crippen LogP contribution in [-0.4, -0.2) is 46.1 Å². The number of carbonyl (C=O) groups is 1. The molecule has 2 N–H and O–H groups in total. The minimum atomic E-state index is -4.74. The van der Waals surface area contributed by atoms with E-state index in [1.165, 1.54) is 19.1 Å². The molecule has 2 heterocycles. The number of likely N-dealkylation sites (tertiary alicyclic amines) is 1. The van der Waals surface area contributed by atoms with Crippen molar-refractivity contribution in [2.24, 2.45) is 0 Å². The molecule has 4 rings (SSSR count). The van der Waals surface area contributed by atoms with Gasteiger partial charge in [-0.3, -0.25) is 14.7 Å². The molecule has 3 aromatic rings. The Morgan fingerprint density at radius 3 is 2.34 bits per heavy atom. The van der Waals surface area contributed by atoms with Gasteiger partial charge in [0.15, 0.2) is 5.60 Å². The second-order valence-electron chi connectivity index (χ2n) is 8.85. The summed E-state index contributed by atoms with van der Waals surface area (Å²) in [7, 11) is 0. The molecule has 0 bridgehead atoms. The van der Waals surface area contributed by atoms with Crippen LogP contribution in [0, 0.1) is 11.3 Å². The van der Waals surface area contributed by atoms with Crippen molar-refractivity contribution in [3.05, 3.63) is 83.7 Å². The molecular weight excluding hydrogens is 457 g/mol. The van der Waals surface area contributed by atoms with Crippen molar-refractivity contribution < 1.29 is 23.1 Å². The number of rotatable bonds is 6. The van der Waals surface area contributed by atoms with Gasteiger partial charge in [-0.1, -0.05) is 24.3 Å². The van der Waals surface area contributed by atoms with Gasteiger partial charge in [0, 0.05) is 43.6 Å². The van der Waals surface area contributed by atoms with Crippen LogP contribution in [0.3, 0.4) is 0 Å². The molecule has 1 aliphatic heterocycles. The van der Waals surface area contributed by atoms with E-state index in [4.69, 9.17) is 5.26 Å². The summed E-state index contributed by atoms with van der Waals surface area (Å²) in [5.74, 6) is -0.561. The van der Waals surface area contributed by atoms with Crippen LogP contribution in [0.5, 0.6) is 0 Å². The first-order valence-electron chi connectivity index (χ1n) is 10.9. The van der Waals surface area contributed by atoms with Crippen LogP contribution >= 0.6 is 0 Å². The number of benzene rings is 2. The van der Waals surface area contributed by atoms with Gasteiger partial charge in [0.25, 0.3) is 5.91 Å². The Kier molecular flexibility index (Phi) is 6.61. The van der Waals surface area contributed by atoms with Crippen LogP contribution in [-0.2, 0) is 11.0 Å². The van der Waals surface area contributed by atoms with E-state index < -0.39 is 28.8 Å². The number of halogens is 3. The number of nitriles is 1. The highest BCUT2D eigenvalue weighted by molar-refractivity contribution is 5.97. The van der Waals surface area contributed by atoms with Crippen molar-refractivity contribution in [1.29, 1.82) is 5.26 Å². The fraction of sp³-hybridized carbons (Fsp3) is 0.269. The predicted molar refractivity (Wildman–Crippen MR) is 124 cm³/mol. The fourth-order valence-electron chi connectivity index (χ4n) is 4.13. The zero-order valence-corrected chi connectivity index (χ0v) is 18.9.